The number of nitrogens with zero attached hydrogens (tertiary/aromatic N) is 2. The number of rotatable bonds is 2. The molecule has 0 bridgehead atoms. The summed E-state index contributed by atoms with van der Waals surface area (Å²) in [4.78, 5) is 30.5. The Morgan fingerprint density at radius 1 is 1.29 bits per heavy atom. The Morgan fingerprint density at radius 3 is 2.76 bits per heavy atom. The van der Waals surface area contributed by atoms with Crippen molar-refractivity contribution >= 4 is 23.4 Å². The highest BCUT2D eigenvalue weighted by Crippen LogP contribution is 2.37. The highest BCUT2D eigenvalue weighted by Gasteiger charge is 2.49. The molecule has 1 aromatic heterocycles. The molecular weight excluding hydrogens is 290 g/mol. The number of aromatic nitrogens is 1. The second kappa shape index (κ2) is 5.64. The molecule has 2 heterocycles. The minimum absolute atomic E-state index is 0.0213. The fraction of sp³-hybridized carbons (Fsp3) is 0.533. The van der Waals surface area contributed by atoms with E-state index in [1.165, 1.54) is 0 Å². The number of carbonyl (C=O) groups is 2. The lowest BCUT2D eigenvalue weighted by Crippen LogP contribution is -2.67. The molecule has 2 fully saturated rings. The van der Waals surface area contributed by atoms with Gasteiger partial charge in [-0.1, -0.05) is 30.9 Å². The summed E-state index contributed by atoms with van der Waals surface area (Å²) in [6.45, 7) is 0.441. The van der Waals surface area contributed by atoms with Gasteiger partial charge in [0.1, 0.15) is 5.54 Å². The van der Waals surface area contributed by atoms with E-state index in [-0.39, 0.29) is 18.4 Å². The summed E-state index contributed by atoms with van der Waals surface area (Å²) in [5.41, 5.74) is 0.139. The van der Waals surface area contributed by atoms with Gasteiger partial charge >= 0.3 is 0 Å². The van der Waals surface area contributed by atoms with E-state index in [0.717, 1.165) is 37.7 Å². The number of pyridine rings is 1. The Labute approximate surface area is 128 Å². The van der Waals surface area contributed by atoms with Crippen molar-refractivity contribution in [3.63, 3.8) is 0 Å². The van der Waals surface area contributed by atoms with Crippen molar-refractivity contribution in [1.82, 2.24) is 15.2 Å². The molecular formula is C15H18ClN3O2. The number of piperazine rings is 1. The second-order valence-corrected chi connectivity index (χ2v) is 6.13. The van der Waals surface area contributed by atoms with Gasteiger partial charge in [-0.3, -0.25) is 14.6 Å². The average Bonchev–Trinajstić information content (AvgIpc) is 2.51. The molecule has 1 saturated carbocycles. The molecule has 6 heteroatoms. The normalized spacial score (nSPS) is 21.5. The van der Waals surface area contributed by atoms with Crippen LogP contribution in [0.3, 0.4) is 0 Å². The standard InChI is InChI=1S/C15H18ClN3O2/c16-12-8-17-7-4-11(12)10-19-13(20)9-18-14(21)15(19)5-2-1-3-6-15/h4,7-8H,1-3,5-6,9-10H2,(H,18,21). The van der Waals surface area contributed by atoms with Gasteiger partial charge in [-0.15, -0.1) is 0 Å². The Kier molecular flexibility index (Phi) is 3.85. The van der Waals surface area contributed by atoms with Crippen LogP contribution in [0.1, 0.15) is 37.7 Å². The summed E-state index contributed by atoms with van der Waals surface area (Å²) in [5.74, 6) is -0.0589. The maximum atomic E-state index is 12.5. The highest BCUT2D eigenvalue weighted by molar-refractivity contribution is 6.31. The van der Waals surface area contributed by atoms with Crippen LogP contribution in [0.4, 0.5) is 0 Å². The number of nitrogens with one attached hydrogen (secondary N) is 1. The third kappa shape index (κ3) is 2.50. The first kappa shape index (κ1) is 14.3. The maximum Gasteiger partial charge on any atom is 0.246 e. The van der Waals surface area contributed by atoms with Gasteiger partial charge in [0, 0.05) is 18.9 Å². The van der Waals surface area contributed by atoms with Gasteiger partial charge in [-0.25, -0.2) is 0 Å². The Bertz CT molecular complexity index is 570. The summed E-state index contributed by atoms with van der Waals surface area (Å²) in [5, 5.41) is 3.28. The lowest BCUT2D eigenvalue weighted by molar-refractivity contribution is -0.157. The Morgan fingerprint density at radius 2 is 2.05 bits per heavy atom. The number of carbonyl (C=O) groups excluding carboxylic acids is 2. The molecule has 112 valence electrons. The predicted molar refractivity (Wildman–Crippen MR) is 78.6 cm³/mol. The molecule has 1 aliphatic carbocycles. The van der Waals surface area contributed by atoms with E-state index in [1.807, 2.05) is 0 Å². The summed E-state index contributed by atoms with van der Waals surface area (Å²) in [6.07, 6.45) is 7.75. The average molecular weight is 308 g/mol. The molecule has 1 saturated heterocycles. The van der Waals surface area contributed by atoms with Crippen LogP contribution < -0.4 is 5.32 Å². The molecule has 2 amide bonds. The quantitative estimate of drug-likeness (QED) is 0.907. The minimum atomic E-state index is -0.694. The number of hydrogen-bond acceptors (Lipinski definition) is 3. The van der Waals surface area contributed by atoms with E-state index in [4.69, 9.17) is 11.6 Å². The summed E-state index contributed by atoms with van der Waals surface area (Å²) >= 11 is 6.15. The van der Waals surface area contributed by atoms with Gasteiger partial charge in [-0.2, -0.15) is 0 Å². The molecule has 0 radical (unpaired) electrons. The van der Waals surface area contributed by atoms with Crippen LogP contribution in [0.25, 0.3) is 0 Å². The topological polar surface area (TPSA) is 62.3 Å². The maximum absolute atomic E-state index is 12.5. The summed E-state index contributed by atoms with van der Waals surface area (Å²) in [7, 11) is 0. The molecule has 1 N–H and O–H groups in total. The van der Waals surface area contributed by atoms with Crippen LogP contribution in [0.5, 0.6) is 0 Å². The Hall–Kier alpha value is -1.62. The number of amides is 2. The lowest BCUT2D eigenvalue weighted by Gasteiger charge is -2.48. The fourth-order valence-corrected chi connectivity index (χ4v) is 3.53. The molecule has 1 aliphatic heterocycles. The van der Waals surface area contributed by atoms with E-state index < -0.39 is 5.54 Å². The fourth-order valence-electron chi connectivity index (χ4n) is 3.35. The van der Waals surface area contributed by atoms with Gasteiger partial charge < -0.3 is 10.2 Å². The van der Waals surface area contributed by atoms with Crippen LogP contribution in [-0.2, 0) is 16.1 Å². The van der Waals surface area contributed by atoms with Crippen LogP contribution in [0.15, 0.2) is 18.5 Å². The van der Waals surface area contributed by atoms with Crippen LogP contribution in [0.2, 0.25) is 5.02 Å². The van der Waals surface area contributed by atoms with Crippen molar-refractivity contribution in [3.8, 4) is 0 Å². The first-order valence-corrected chi connectivity index (χ1v) is 7.68. The van der Waals surface area contributed by atoms with Gasteiger partial charge in [0.2, 0.25) is 11.8 Å². The van der Waals surface area contributed by atoms with E-state index in [9.17, 15) is 9.59 Å². The molecule has 0 unspecified atom stereocenters. The van der Waals surface area contributed by atoms with Crippen molar-refractivity contribution < 1.29 is 9.59 Å². The molecule has 5 nitrogen and oxygen atoms in total. The van der Waals surface area contributed by atoms with E-state index in [2.05, 4.69) is 10.3 Å². The van der Waals surface area contributed by atoms with Crippen molar-refractivity contribution in [2.24, 2.45) is 0 Å². The SMILES string of the molecule is O=C1CNC(=O)C2(CCCCC2)N1Cc1ccncc1Cl. The van der Waals surface area contributed by atoms with Gasteiger partial charge in [0.15, 0.2) is 0 Å². The zero-order chi connectivity index (χ0) is 14.9. The van der Waals surface area contributed by atoms with Gasteiger partial charge in [-0.05, 0) is 24.5 Å². The minimum Gasteiger partial charge on any atom is -0.345 e. The first-order chi connectivity index (χ1) is 10.1. The molecule has 21 heavy (non-hydrogen) atoms. The molecule has 2 aliphatic rings. The van der Waals surface area contributed by atoms with Gasteiger partial charge in [0.25, 0.3) is 0 Å². The van der Waals surface area contributed by atoms with E-state index in [0.29, 0.717) is 11.6 Å². The largest absolute Gasteiger partial charge is 0.345 e. The molecule has 1 spiro atoms. The summed E-state index contributed by atoms with van der Waals surface area (Å²) < 4.78 is 0. The smallest absolute Gasteiger partial charge is 0.246 e. The van der Waals surface area contributed by atoms with Crippen LogP contribution in [0, 0.1) is 0 Å². The van der Waals surface area contributed by atoms with Gasteiger partial charge in [0.05, 0.1) is 11.6 Å². The highest BCUT2D eigenvalue weighted by atomic mass is 35.5. The zero-order valence-electron chi connectivity index (χ0n) is 11.8. The van der Waals surface area contributed by atoms with E-state index >= 15 is 0 Å². The first-order valence-electron chi connectivity index (χ1n) is 7.31. The number of hydrogen-bond donors (Lipinski definition) is 1. The lowest BCUT2D eigenvalue weighted by atomic mass is 9.78. The van der Waals surface area contributed by atoms with Crippen LogP contribution >= 0.6 is 11.6 Å². The predicted octanol–water partition coefficient (Wildman–Crippen LogP) is 1.90. The molecule has 0 atom stereocenters. The van der Waals surface area contributed by atoms with E-state index in [1.54, 1.807) is 23.4 Å². The third-order valence-electron chi connectivity index (χ3n) is 4.51. The van der Waals surface area contributed by atoms with Crippen LogP contribution in [-0.4, -0.2) is 33.8 Å². The second-order valence-electron chi connectivity index (χ2n) is 5.72. The van der Waals surface area contributed by atoms with Crippen molar-refractivity contribution in [2.45, 2.75) is 44.2 Å². The Balaban J connectivity index is 1.93. The van der Waals surface area contributed by atoms with Crippen molar-refractivity contribution in [2.75, 3.05) is 6.54 Å². The molecule has 3 rings (SSSR count). The summed E-state index contributed by atoms with van der Waals surface area (Å²) in [6, 6.07) is 1.80. The zero-order valence-corrected chi connectivity index (χ0v) is 12.5. The molecule has 1 aromatic rings. The monoisotopic (exact) mass is 307 g/mol. The van der Waals surface area contributed by atoms with Crippen molar-refractivity contribution in [1.29, 1.82) is 0 Å². The van der Waals surface area contributed by atoms with Crippen molar-refractivity contribution in [3.05, 3.63) is 29.0 Å². The number of halogens is 1. The third-order valence-corrected chi connectivity index (χ3v) is 4.85. The molecule has 0 aromatic carbocycles.